The van der Waals surface area contributed by atoms with Crippen molar-refractivity contribution in [1.29, 1.82) is 0 Å². The largest absolute Gasteiger partial charge is 0.327 e. The second kappa shape index (κ2) is 6.36. The van der Waals surface area contributed by atoms with Crippen LogP contribution in [0.3, 0.4) is 0 Å². The Bertz CT molecular complexity index is 951. The predicted octanol–water partition coefficient (Wildman–Crippen LogP) is 3.18. The zero-order chi connectivity index (χ0) is 17.2. The van der Waals surface area contributed by atoms with Crippen LogP contribution in [0.25, 0.3) is 11.1 Å². The van der Waals surface area contributed by atoms with Gasteiger partial charge in [-0.05, 0) is 41.7 Å². The average molecular weight is 331 g/mol. The van der Waals surface area contributed by atoms with Gasteiger partial charge in [0.25, 0.3) is 5.56 Å². The molecule has 3 aromatic rings. The third kappa shape index (κ3) is 3.21. The number of pyridine rings is 2. The van der Waals surface area contributed by atoms with E-state index in [1.807, 2.05) is 42.5 Å². The molecule has 1 amide bonds. The van der Waals surface area contributed by atoms with E-state index >= 15 is 0 Å². The highest BCUT2D eigenvalue weighted by molar-refractivity contribution is 5.95. The van der Waals surface area contributed by atoms with Crippen LogP contribution in [0.5, 0.6) is 0 Å². The molecule has 0 spiro atoms. The molecule has 2 atom stereocenters. The maximum absolute atomic E-state index is 12.5. The SMILES string of the molecule is O=C(Nc1cc(-c2ccncc2)c[nH]c1=O)C1C[C@H]1c1ccccc1. The minimum absolute atomic E-state index is 0.0774. The van der Waals surface area contributed by atoms with Gasteiger partial charge >= 0.3 is 0 Å². The van der Waals surface area contributed by atoms with Gasteiger partial charge in [0, 0.05) is 30.1 Å². The number of carbonyl (C=O) groups is 1. The molecule has 4 rings (SSSR count). The summed E-state index contributed by atoms with van der Waals surface area (Å²) in [7, 11) is 0. The molecule has 2 N–H and O–H groups in total. The van der Waals surface area contributed by atoms with Gasteiger partial charge in [-0.3, -0.25) is 14.6 Å². The van der Waals surface area contributed by atoms with E-state index in [-0.39, 0.29) is 29.0 Å². The van der Waals surface area contributed by atoms with Gasteiger partial charge in [-0.1, -0.05) is 30.3 Å². The van der Waals surface area contributed by atoms with Crippen molar-refractivity contribution in [2.24, 2.45) is 5.92 Å². The maximum atomic E-state index is 12.5. The normalized spacial score (nSPS) is 18.6. The summed E-state index contributed by atoms with van der Waals surface area (Å²) in [4.78, 5) is 31.2. The molecule has 1 aliphatic rings. The van der Waals surface area contributed by atoms with Crippen LogP contribution < -0.4 is 10.9 Å². The van der Waals surface area contributed by atoms with Crippen molar-refractivity contribution < 1.29 is 4.79 Å². The fourth-order valence-electron chi connectivity index (χ4n) is 3.07. The van der Waals surface area contributed by atoms with Gasteiger partial charge in [-0.25, -0.2) is 0 Å². The van der Waals surface area contributed by atoms with Crippen molar-refractivity contribution in [3.63, 3.8) is 0 Å². The minimum Gasteiger partial charge on any atom is -0.327 e. The molecule has 0 aliphatic heterocycles. The van der Waals surface area contributed by atoms with Gasteiger partial charge < -0.3 is 10.3 Å². The highest BCUT2D eigenvalue weighted by Gasteiger charge is 2.43. The third-order valence-electron chi connectivity index (χ3n) is 4.53. The summed E-state index contributed by atoms with van der Waals surface area (Å²) in [6.45, 7) is 0. The van der Waals surface area contributed by atoms with Crippen LogP contribution in [0, 0.1) is 5.92 Å². The Labute approximate surface area is 144 Å². The topological polar surface area (TPSA) is 74.8 Å². The monoisotopic (exact) mass is 331 g/mol. The summed E-state index contributed by atoms with van der Waals surface area (Å²) >= 11 is 0. The van der Waals surface area contributed by atoms with Crippen LogP contribution in [0.1, 0.15) is 17.9 Å². The Morgan fingerprint density at radius 2 is 1.84 bits per heavy atom. The van der Waals surface area contributed by atoms with Gasteiger partial charge in [0.1, 0.15) is 5.69 Å². The van der Waals surface area contributed by atoms with Crippen LogP contribution >= 0.6 is 0 Å². The van der Waals surface area contributed by atoms with Crippen molar-refractivity contribution in [2.45, 2.75) is 12.3 Å². The van der Waals surface area contributed by atoms with Crippen molar-refractivity contribution in [1.82, 2.24) is 9.97 Å². The van der Waals surface area contributed by atoms with Crippen molar-refractivity contribution in [2.75, 3.05) is 5.32 Å². The quantitative estimate of drug-likeness (QED) is 0.771. The number of anilines is 1. The fraction of sp³-hybridized carbons (Fsp3) is 0.150. The first-order valence-electron chi connectivity index (χ1n) is 8.21. The summed E-state index contributed by atoms with van der Waals surface area (Å²) in [6.07, 6.45) is 5.83. The van der Waals surface area contributed by atoms with E-state index in [2.05, 4.69) is 15.3 Å². The molecule has 2 heterocycles. The standard InChI is InChI=1S/C20H17N3O2/c24-19(17-11-16(17)14-4-2-1-3-5-14)23-18-10-15(12-22-20(18)25)13-6-8-21-9-7-13/h1-10,12,16-17H,11H2,(H,22,25)(H,23,24)/t16-,17?/m0/s1. The van der Waals surface area contributed by atoms with E-state index in [4.69, 9.17) is 0 Å². The summed E-state index contributed by atoms with van der Waals surface area (Å²) < 4.78 is 0. The second-order valence-corrected chi connectivity index (χ2v) is 6.22. The molecule has 1 saturated carbocycles. The Balaban J connectivity index is 1.51. The first-order chi connectivity index (χ1) is 12.2. The number of H-pyrrole nitrogens is 1. The Hall–Kier alpha value is -3.21. The van der Waals surface area contributed by atoms with Gasteiger partial charge in [0.15, 0.2) is 0 Å². The zero-order valence-electron chi connectivity index (χ0n) is 13.5. The lowest BCUT2D eigenvalue weighted by Crippen LogP contribution is -2.21. The molecule has 1 unspecified atom stereocenters. The summed E-state index contributed by atoms with van der Waals surface area (Å²) in [5.41, 5.74) is 2.89. The van der Waals surface area contributed by atoms with Gasteiger partial charge in [-0.2, -0.15) is 0 Å². The summed E-state index contributed by atoms with van der Waals surface area (Å²) in [6, 6.07) is 15.4. The summed E-state index contributed by atoms with van der Waals surface area (Å²) in [5, 5.41) is 2.78. The molecule has 2 aromatic heterocycles. The lowest BCUT2D eigenvalue weighted by atomic mass is 10.1. The van der Waals surface area contributed by atoms with E-state index in [1.165, 1.54) is 5.56 Å². The molecular weight excluding hydrogens is 314 g/mol. The molecule has 5 nitrogen and oxygen atoms in total. The van der Waals surface area contributed by atoms with Gasteiger partial charge in [0.2, 0.25) is 5.91 Å². The number of benzene rings is 1. The smallest absolute Gasteiger partial charge is 0.271 e. The number of amides is 1. The zero-order valence-corrected chi connectivity index (χ0v) is 13.5. The molecule has 0 saturated heterocycles. The predicted molar refractivity (Wildman–Crippen MR) is 96.2 cm³/mol. The van der Waals surface area contributed by atoms with Gasteiger partial charge in [0.05, 0.1) is 0 Å². The van der Waals surface area contributed by atoms with Crippen molar-refractivity contribution in [3.05, 3.63) is 83.0 Å². The average Bonchev–Trinajstić information content (AvgIpc) is 3.46. The van der Waals surface area contributed by atoms with E-state index in [1.54, 1.807) is 24.7 Å². The van der Waals surface area contributed by atoms with Crippen LogP contribution in [-0.4, -0.2) is 15.9 Å². The summed E-state index contributed by atoms with van der Waals surface area (Å²) in [5.74, 6) is 0.0567. The third-order valence-corrected chi connectivity index (χ3v) is 4.53. The first kappa shape index (κ1) is 15.3. The van der Waals surface area contributed by atoms with Crippen LogP contribution in [-0.2, 0) is 4.79 Å². The Morgan fingerprint density at radius 1 is 1.08 bits per heavy atom. The number of carbonyl (C=O) groups excluding carboxylic acids is 1. The van der Waals surface area contributed by atoms with Crippen molar-refractivity contribution in [3.8, 4) is 11.1 Å². The van der Waals surface area contributed by atoms with E-state index in [0.29, 0.717) is 0 Å². The Kier molecular flexibility index (Phi) is 3.90. The Morgan fingerprint density at radius 3 is 2.60 bits per heavy atom. The van der Waals surface area contributed by atoms with E-state index in [9.17, 15) is 9.59 Å². The molecular formula is C20H17N3O2. The fourth-order valence-corrected chi connectivity index (χ4v) is 3.07. The number of nitrogens with zero attached hydrogens (tertiary/aromatic N) is 1. The highest BCUT2D eigenvalue weighted by Crippen LogP contribution is 2.47. The van der Waals surface area contributed by atoms with Crippen LogP contribution in [0.4, 0.5) is 5.69 Å². The second-order valence-electron chi connectivity index (χ2n) is 6.22. The van der Waals surface area contributed by atoms with Crippen LogP contribution in [0.2, 0.25) is 0 Å². The van der Waals surface area contributed by atoms with E-state index < -0.39 is 0 Å². The molecule has 0 radical (unpaired) electrons. The molecule has 1 fully saturated rings. The lowest BCUT2D eigenvalue weighted by Gasteiger charge is -2.07. The molecule has 5 heteroatoms. The first-order valence-corrected chi connectivity index (χ1v) is 8.21. The number of rotatable bonds is 4. The molecule has 1 aliphatic carbocycles. The highest BCUT2D eigenvalue weighted by atomic mass is 16.2. The van der Waals surface area contributed by atoms with Gasteiger partial charge in [-0.15, -0.1) is 0 Å². The molecule has 0 bridgehead atoms. The van der Waals surface area contributed by atoms with Crippen LogP contribution in [0.15, 0.2) is 71.9 Å². The number of aromatic amines is 1. The molecule has 25 heavy (non-hydrogen) atoms. The van der Waals surface area contributed by atoms with Crippen molar-refractivity contribution >= 4 is 11.6 Å². The minimum atomic E-state index is -0.303. The molecule has 124 valence electrons. The maximum Gasteiger partial charge on any atom is 0.271 e. The number of hydrogen-bond donors (Lipinski definition) is 2. The number of nitrogens with one attached hydrogen (secondary N) is 2. The molecule has 1 aromatic carbocycles. The van der Waals surface area contributed by atoms with E-state index in [0.717, 1.165) is 17.5 Å². The lowest BCUT2D eigenvalue weighted by molar-refractivity contribution is -0.117. The number of aromatic nitrogens is 2. The number of hydrogen-bond acceptors (Lipinski definition) is 3.